The molecule has 0 aliphatic heterocycles. The summed E-state index contributed by atoms with van der Waals surface area (Å²) in [6, 6.07) is 6.78. The molecule has 1 heterocycles. The number of nitrogens with one attached hydrogen (secondary N) is 2. The molecule has 0 atom stereocenters. The maximum absolute atomic E-state index is 12.0. The van der Waals surface area contributed by atoms with E-state index in [1.807, 2.05) is 16.8 Å². The second-order valence-electron chi connectivity index (χ2n) is 4.97. The number of amides is 1. The van der Waals surface area contributed by atoms with Gasteiger partial charge in [-0.1, -0.05) is 0 Å². The van der Waals surface area contributed by atoms with E-state index in [0.717, 1.165) is 11.8 Å². The highest BCUT2D eigenvalue weighted by Crippen LogP contribution is 2.28. The predicted octanol–water partition coefficient (Wildman–Crippen LogP) is 2.70. The van der Waals surface area contributed by atoms with Gasteiger partial charge >= 0.3 is 0 Å². The first-order valence-electron chi connectivity index (χ1n) is 6.84. The number of ether oxygens (including phenoxy) is 1. The van der Waals surface area contributed by atoms with Gasteiger partial charge in [-0.2, -0.15) is 11.3 Å². The van der Waals surface area contributed by atoms with Crippen LogP contribution < -0.4 is 14.8 Å². The van der Waals surface area contributed by atoms with E-state index in [1.54, 1.807) is 23.5 Å². The summed E-state index contributed by atoms with van der Waals surface area (Å²) in [5.41, 5.74) is 1.91. The van der Waals surface area contributed by atoms with Gasteiger partial charge in [-0.3, -0.25) is 9.52 Å². The van der Waals surface area contributed by atoms with Crippen molar-refractivity contribution in [3.05, 3.63) is 40.6 Å². The van der Waals surface area contributed by atoms with Gasteiger partial charge in [0.05, 0.1) is 19.1 Å². The molecular weight excluding hydrogens is 336 g/mol. The summed E-state index contributed by atoms with van der Waals surface area (Å²) in [6.45, 7) is 0. The average Bonchev–Trinajstić information content (AvgIpc) is 2.97. The van der Waals surface area contributed by atoms with Crippen molar-refractivity contribution in [3.8, 4) is 5.75 Å². The smallest absolute Gasteiger partial charge is 0.229 e. The Morgan fingerprint density at radius 1 is 1.30 bits per heavy atom. The van der Waals surface area contributed by atoms with Gasteiger partial charge in [0, 0.05) is 12.1 Å². The summed E-state index contributed by atoms with van der Waals surface area (Å²) in [7, 11) is -1.99. The van der Waals surface area contributed by atoms with E-state index in [2.05, 4.69) is 10.0 Å². The Balaban J connectivity index is 2.04. The molecule has 2 rings (SSSR count). The molecule has 0 aliphatic rings. The van der Waals surface area contributed by atoms with Crippen LogP contribution in [0.1, 0.15) is 12.0 Å². The van der Waals surface area contributed by atoms with Crippen molar-refractivity contribution < 1.29 is 17.9 Å². The van der Waals surface area contributed by atoms with E-state index < -0.39 is 10.0 Å². The third kappa shape index (κ3) is 5.57. The van der Waals surface area contributed by atoms with Gasteiger partial charge in [0.15, 0.2) is 0 Å². The number of methoxy groups -OCH3 is 1. The van der Waals surface area contributed by atoms with Gasteiger partial charge in [0.1, 0.15) is 5.75 Å². The van der Waals surface area contributed by atoms with Gasteiger partial charge in [-0.05, 0) is 47.0 Å². The van der Waals surface area contributed by atoms with Crippen LogP contribution in [0.5, 0.6) is 5.75 Å². The van der Waals surface area contributed by atoms with Crippen LogP contribution in [0.15, 0.2) is 35.0 Å². The highest BCUT2D eigenvalue weighted by Gasteiger charge is 2.11. The third-order valence-electron chi connectivity index (χ3n) is 3.00. The number of anilines is 2. The molecule has 0 radical (unpaired) electrons. The Morgan fingerprint density at radius 2 is 2.09 bits per heavy atom. The molecule has 0 saturated heterocycles. The largest absolute Gasteiger partial charge is 0.495 e. The molecule has 2 N–H and O–H groups in total. The minimum Gasteiger partial charge on any atom is -0.495 e. The van der Waals surface area contributed by atoms with Crippen molar-refractivity contribution in [2.75, 3.05) is 23.4 Å². The Morgan fingerprint density at radius 3 is 2.70 bits per heavy atom. The summed E-state index contributed by atoms with van der Waals surface area (Å²) in [4.78, 5) is 12.0. The lowest BCUT2D eigenvalue weighted by atomic mass is 10.2. The molecule has 1 aromatic heterocycles. The quantitative estimate of drug-likeness (QED) is 0.801. The number of carbonyl (C=O) groups excluding carboxylic acids is 1. The van der Waals surface area contributed by atoms with Gasteiger partial charge in [-0.15, -0.1) is 0 Å². The van der Waals surface area contributed by atoms with E-state index in [-0.39, 0.29) is 11.6 Å². The van der Waals surface area contributed by atoms with E-state index in [4.69, 9.17) is 4.74 Å². The molecule has 0 aliphatic carbocycles. The third-order valence-corrected chi connectivity index (χ3v) is 4.32. The number of aryl methyl sites for hydroxylation is 1. The highest BCUT2D eigenvalue weighted by molar-refractivity contribution is 7.92. The summed E-state index contributed by atoms with van der Waals surface area (Å²) >= 11 is 1.60. The second-order valence-corrected chi connectivity index (χ2v) is 7.50. The van der Waals surface area contributed by atoms with Crippen LogP contribution in [-0.2, 0) is 21.2 Å². The minimum atomic E-state index is -3.44. The molecule has 23 heavy (non-hydrogen) atoms. The van der Waals surface area contributed by atoms with Crippen molar-refractivity contribution in [1.29, 1.82) is 0 Å². The first-order chi connectivity index (χ1) is 10.9. The molecule has 0 unspecified atom stereocenters. The fourth-order valence-corrected chi connectivity index (χ4v) is 3.24. The lowest BCUT2D eigenvalue weighted by Gasteiger charge is -2.12. The topological polar surface area (TPSA) is 84.5 Å². The Kier molecular flexibility index (Phi) is 5.62. The van der Waals surface area contributed by atoms with Crippen LogP contribution in [0.4, 0.5) is 11.4 Å². The first-order valence-corrected chi connectivity index (χ1v) is 9.67. The fourth-order valence-electron chi connectivity index (χ4n) is 1.98. The molecule has 6 nitrogen and oxygen atoms in total. The molecule has 0 bridgehead atoms. The minimum absolute atomic E-state index is 0.133. The van der Waals surface area contributed by atoms with E-state index in [9.17, 15) is 13.2 Å². The molecular formula is C15H18N2O4S2. The number of thiophene rings is 1. The van der Waals surface area contributed by atoms with Gasteiger partial charge in [-0.25, -0.2) is 8.42 Å². The van der Waals surface area contributed by atoms with Gasteiger partial charge < -0.3 is 10.1 Å². The maximum atomic E-state index is 12.0. The molecule has 1 amide bonds. The number of benzene rings is 1. The Bertz CT molecular complexity index is 771. The van der Waals surface area contributed by atoms with E-state index in [0.29, 0.717) is 24.3 Å². The van der Waals surface area contributed by atoms with Crippen LogP contribution in [0, 0.1) is 0 Å². The molecule has 124 valence electrons. The first kappa shape index (κ1) is 17.3. The zero-order valence-corrected chi connectivity index (χ0v) is 14.5. The Hall–Kier alpha value is -2.06. The summed E-state index contributed by atoms with van der Waals surface area (Å²) in [5, 5.41) is 6.74. The van der Waals surface area contributed by atoms with Gasteiger partial charge in [0.2, 0.25) is 15.9 Å². The maximum Gasteiger partial charge on any atom is 0.229 e. The summed E-state index contributed by atoms with van der Waals surface area (Å²) in [5.74, 6) is 0.248. The van der Waals surface area contributed by atoms with Crippen LogP contribution >= 0.6 is 11.3 Å². The number of rotatable bonds is 7. The molecule has 0 spiro atoms. The fraction of sp³-hybridized carbons (Fsp3) is 0.267. The van der Waals surface area contributed by atoms with Crippen molar-refractivity contribution >= 4 is 38.6 Å². The highest BCUT2D eigenvalue weighted by atomic mass is 32.2. The summed E-state index contributed by atoms with van der Waals surface area (Å²) < 4.78 is 30.2. The van der Waals surface area contributed by atoms with Crippen LogP contribution in [0.3, 0.4) is 0 Å². The lowest BCUT2D eigenvalue weighted by Crippen LogP contribution is -2.14. The molecule has 0 fully saturated rings. The summed E-state index contributed by atoms with van der Waals surface area (Å²) in [6.07, 6.45) is 2.08. The molecule has 8 heteroatoms. The van der Waals surface area contributed by atoms with E-state index >= 15 is 0 Å². The second kappa shape index (κ2) is 7.47. The average molecular weight is 354 g/mol. The zero-order valence-electron chi connectivity index (χ0n) is 12.8. The van der Waals surface area contributed by atoms with Crippen LogP contribution in [-0.4, -0.2) is 27.7 Å². The van der Waals surface area contributed by atoms with Crippen LogP contribution in [0.2, 0.25) is 0 Å². The lowest BCUT2D eigenvalue weighted by molar-refractivity contribution is -0.116. The van der Waals surface area contributed by atoms with Crippen molar-refractivity contribution in [1.82, 2.24) is 0 Å². The van der Waals surface area contributed by atoms with Crippen molar-refractivity contribution in [2.24, 2.45) is 0 Å². The number of carbonyl (C=O) groups is 1. The normalized spacial score (nSPS) is 11.0. The monoisotopic (exact) mass is 354 g/mol. The predicted molar refractivity (Wildman–Crippen MR) is 92.7 cm³/mol. The molecule has 2 aromatic rings. The molecule has 1 aromatic carbocycles. The Labute approximate surface area is 139 Å². The van der Waals surface area contributed by atoms with Crippen LogP contribution in [0.25, 0.3) is 0 Å². The number of sulfonamides is 1. The van der Waals surface area contributed by atoms with E-state index in [1.165, 1.54) is 13.2 Å². The van der Waals surface area contributed by atoms with Crippen molar-refractivity contribution in [3.63, 3.8) is 0 Å². The van der Waals surface area contributed by atoms with Crippen molar-refractivity contribution in [2.45, 2.75) is 12.8 Å². The number of hydrogen-bond acceptors (Lipinski definition) is 5. The SMILES string of the molecule is COc1ccc(NC(=O)CCc2ccsc2)cc1NS(C)(=O)=O. The number of hydrogen-bond donors (Lipinski definition) is 2. The standard InChI is InChI=1S/C15H18N2O4S2/c1-21-14-5-4-12(9-13(14)17-23(2,19)20)16-15(18)6-3-11-7-8-22-10-11/h4-5,7-10,17H,3,6H2,1-2H3,(H,16,18). The zero-order chi connectivity index (χ0) is 16.9. The molecule has 0 saturated carbocycles. The van der Waals surface area contributed by atoms with Gasteiger partial charge in [0.25, 0.3) is 0 Å².